The highest BCUT2D eigenvalue weighted by molar-refractivity contribution is 7.80. The number of aryl methyl sites for hydroxylation is 8. The summed E-state index contributed by atoms with van der Waals surface area (Å²) in [7, 11) is -1.44. The lowest BCUT2D eigenvalue weighted by Gasteiger charge is -2.23. The van der Waals surface area contributed by atoms with Crippen molar-refractivity contribution in [2.45, 2.75) is 55.4 Å². The van der Waals surface area contributed by atoms with Crippen LogP contribution < -0.4 is 31.8 Å². The molecule has 0 heterocycles. The second-order valence-corrected chi connectivity index (χ2v) is 17.6. The average Bonchev–Trinajstić information content (AvgIpc) is 2.96. The molecule has 0 unspecified atom stereocenters. The summed E-state index contributed by atoms with van der Waals surface area (Å²) in [6, 6.07) is 47.0. The topological polar surface area (TPSA) is 0 Å². The Morgan fingerprint density at radius 3 is 0.739 bits per heavy atom. The van der Waals surface area contributed by atoms with Crippen molar-refractivity contribution in [2.75, 3.05) is 0 Å². The molecule has 6 aromatic carbocycles. The van der Waals surface area contributed by atoms with Crippen LogP contribution in [0.5, 0.6) is 0 Å². The molecule has 0 spiro atoms. The van der Waals surface area contributed by atoms with Crippen LogP contribution in [0.4, 0.5) is 0 Å². The van der Waals surface area contributed by atoms with Gasteiger partial charge in [0.2, 0.25) is 0 Å². The van der Waals surface area contributed by atoms with E-state index in [-0.39, 0.29) is 0 Å². The van der Waals surface area contributed by atoms with Crippen LogP contribution in [0.2, 0.25) is 0 Å². The van der Waals surface area contributed by atoms with Gasteiger partial charge in [0, 0.05) is 0 Å². The fraction of sp³-hybridized carbons (Fsp3) is 0.182. The fourth-order valence-electron chi connectivity index (χ4n) is 6.86. The molecule has 0 nitrogen and oxygen atoms in total. The normalized spacial score (nSPS) is 11.4. The predicted octanol–water partition coefficient (Wildman–Crippen LogP) is 9.34. The monoisotopic (exact) mass is 634 g/mol. The predicted molar refractivity (Wildman–Crippen MR) is 207 cm³/mol. The van der Waals surface area contributed by atoms with Crippen molar-refractivity contribution >= 4 is 47.7 Å². The number of hydrogen-bond donors (Lipinski definition) is 0. The largest absolute Gasteiger partial charge is 0.0610 e. The summed E-state index contributed by atoms with van der Waals surface area (Å²) in [5.41, 5.74) is 13.1. The maximum Gasteiger partial charge on any atom is -0.0134 e. The van der Waals surface area contributed by atoms with Gasteiger partial charge in [-0.05, 0) is 126 Å². The van der Waals surface area contributed by atoms with Crippen molar-refractivity contribution in [3.05, 3.63) is 166 Å². The Morgan fingerprint density at radius 2 is 0.500 bits per heavy atom. The van der Waals surface area contributed by atoms with Crippen molar-refractivity contribution < 1.29 is 0 Å². The van der Waals surface area contributed by atoms with Crippen LogP contribution in [0.25, 0.3) is 11.1 Å². The maximum atomic E-state index is 2.45. The third kappa shape index (κ3) is 7.26. The first kappa shape index (κ1) is 32.1. The smallest absolute Gasteiger partial charge is 0.0134 e. The molecular weight excluding hydrogens is 590 g/mol. The number of hydrogen-bond acceptors (Lipinski definition) is 0. The molecule has 0 aliphatic carbocycles. The van der Waals surface area contributed by atoms with E-state index in [9.17, 15) is 0 Å². The van der Waals surface area contributed by atoms with Crippen molar-refractivity contribution in [2.24, 2.45) is 0 Å². The lowest BCUT2D eigenvalue weighted by Crippen LogP contribution is -2.22. The van der Waals surface area contributed by atoms with E-state index < -0.39 is 15.8 Å². The standard InChI is InChI=1S/C44H44P2/c1-29-15-30(2)20-41(19-29)45(42-21-31(3)16-32(4)22-42)39-13-9-11-37(27-39)38-12-10-14-40(28-38)46(43-23-33(5)17-34(6)24-43)44-25-35(7)18-36(8)26-44/h9-28H,1-8H3. The first-order valence-electron chi connectivity index (χ1n) is 16.2. The van der Waals surface area contributed by atoms with Crippen molar-refractivity contribution in [3.8, 4) is 11.1 Å². The van der Waals surface area contributed by atoms with Crippen LogP contribution >= 0.6 is 15.8 Å². The van der Waals surface area contributed by atoms with E-state index in [0.29, 0.717) is 0 Å². The van der Waals surface area contributed by atoms with Crippen LogP contribution in [0.15, 0.2) is 121 Å². The molecular formula is C44H44P2. The molecule has 6 aromatic rings. The van der Waals surface area contributed by atoms with Gasteiger partial charge in [-0.3, -0.25) is 0 Å². The molecule has 0 atom stereocenters. The summed E-state index contributed by atoms with van der Waals surface area (Å²) in [5.74, 6) is 0. The highest BCUT2D eigenvalue weighted by Gasteiger charge is 2.21. The van der Waals surface area contributed by atoms with Gasteiger partial charge in [0.15, 0.2) is 0 Å². The Balaban J connectivity index is 1.49. The third-order valence-electron chi connectivity index (χ3n) is 8.40. The van der Waals surface area contributed by atoms with Gasteiger partial charge >= 0.3 is 0 Å². The quantitative estimate of drug-likeness (QED) is 0.154. The van der Waals surface area contributed by atoms with Gasteiger partial charge in [-0.15, -0.1) is 0 Å². The summed E-state index contributed by atoms with van der Waals surface area (Å²) in [6.07, 6.45) is 0. The van der Waals surface area contributed by atoms with E-state index in [4.69, 9.17) is 0 Å². The second kappa shape index (κ2) is 13.5. The Bertz CT molecular complexity index is 1720. The Hall–Kier alpha value is -3.82. The summed E-state index contributed by atoms with van der Waals surface area (Å²) < 4.78 is 0. The van der Waals surface area contributed by atoms with E-state index in [2.05, 4.69) is 177 Å². The van der Waals surface area contributed by atoms with Crippen LogP contribution in [-0.4, -0.2) is 0 Å². The average molecular weight is 635 g/mol. The highest BCUT2D eigenvalue weighted by Crippen LogP contribution is 2.38. The zero-order chi connectivity index (χ0) is 32.5. The molecule has 0 bridgehead atoms. The number of rotatable bonds is 7. The molecule has 0 aliphatic heterocycles. The first-order chi connectivity index (χ1) is 22.0. The number of benzene rings is 6. The summed E-state index contributed by atoms with van der Waals surface area (Å²) in [4.78, 5) is 0. The highest BCUT2D eigenvalue weighted by atomic mass is 31.1. The molecule has 0 saturated heterocycles. The zero-order valence-corrected chi connectivity index (χ0v) is 30.2. The molecule has 0 saturated carbocycles. The second-order valence-electron chi connectivity index (χ2n) is 13.2. The van der Waals surface area contributed by atoms with Gasteiger partial charge in [-0.2, -0.15) is 0 Å². The Kier molecular flexibility index (Phi) is 9.43. The molecule has 6 rings (SSSR count). The molecule has 0 N–H and O–H groups in total. The van der Waals surface area contributed by atoms with Crippen LogP contribution in [0.3, 0.4) is 0 Å². The minimum absolute atomic E-state index is 0.720. The summed E-state index contributed by atoms with van der Waals surface area (Å²) >= 11 is 0. The molecule has 230 valence electrons. The lowest BCUT2D eigenvalue weighted by molar-refractivity contribution is 1.40. The third-order valence-corrected chi connectivity index (χ3v) is 13.1. The minimum Gasteiger partial charge on any atom is -0.0610 e. The molecule has 0 radical (unpaired) electrons. The van der Waals surface area contributed by atoms with Crippen molar-refractivity contribution in [3.63, 3.8) is 0 Å². The van der Waals surface area contributed by atoms with Crippen LogP contribution in [0.1, 0.15) is 44.5 Å². The lowest BCUT2D eigenvalue weighted by atomic mass is 10.1. The van der Waals surface area contributed by atoms with E-state index >= 15 is 0 Å². The fourth-order valence-corrected chi connectivity index (χ4v) is 12.3. The molecule has 46 heavy (non-hydrogen) atoms. The zero-order valence-electron chi connectivity index (χ0n) is 28.4. The minimum atomic E-state index is -0.720. The van der Waals surface area contributed by atoms with Crippen LogP contribution in [-0.2, 0) is 0 Å². The first-order valence-corrected chi connectivity index (χ1v) is 18.8. The van der Waals surface area contributed by atoms with Gasteiger partial charge in [0.05, 0.1) is 0 Å². The molecule has 0 fully saturated rings. The Labute approximate surface area is 279 Å². The van der Waals surface area contributed by atoms with E-state index in [1.54, 1.807) is 0 Å². The van der Waals surface area contributed by atoms with E-state index in [1.807, 2.05) is 0 Å². The maximum absolute atomic E-state index is 2.45. The van der Waals surface area contributed by atoms with Crippen molar-refractivity contribution in [1.29, 1.82) is 0 Å². The van der Waals surface area contributed by atoms with Gasteiger partial charge in [-0.1, -0.05) is 154 Å². The molecule has 0 amide bonds. The summed E-state index contributed by atoms with van der Waals surface area (Å²) in [6.45, 7) is 17.8. The SMILES string of the molecule is Cc1cc(C)cc(P(c2cc(C)cc(C)c2)c2cccc(-c3cccc(P(c4cc(C)cc(C)c4)c4cc(C)cc(C)c4)c3)c2)c1. The van der Waals surface area contributed by atoms with E-state index in [0.717, 1.165) is 0 Å². The molecule has 0 aliphatic rings. The summed E-state index contributed by atoms with van der Waals surface area (Å²) in [5, 5.41) is 8.43. The molecule has 0 aromatic heterocycles. The van der Waals surface area contributed by atoms with Gasteiger partial charge < -0.3 is 0 Å². The Morgan fingerprint density at radius 1 is 0.261 bits per heavy atom. The van der Waals surface area contributed by atoms with E-state index in [1.165, 1.54) is 87.5 Å². The van der Waals surface area contributed by atoms with Gasteiger partial charge in [-0.25, -0.2) is 0 Å². The van der Waals surface area contributed by atoms with Gasteiger partial charge in [0.25, 0.3) is 0 Å². The van der Waals surface area contributed by atoms with Gasteiger partial charge in [0.1, 0.15) is 0 Å². The molecule has 2 heteroatoms. The van der Waals surface area contributed by atoms with Crippen LogP contribution in [0, 0.1) is 55.4 Å². The van der Waals surface area contributed by atoms with Crippen molar-refractivity contribution in [1.82, 2.24) is 0 Å².